The van der Waals surface area contributed by atoms with Crippen LogP contribution in [0.25, 0.3) is 6.08 Å². The van der Waals surface area contributed by atoms with Gasteiger partial charge in [0.05, 0.1) is 5.56 Å². The van der Waals surface area contributed by atoms with Crippen molar-refractivity contribution in [3.8, 4) is 17.6 Å². The topological polar surface area (TPSA) is 131 Å². The summed E-state index contributed by atoms with van der Waals surface area (Å²) < 4.78 is 0. The third-order valence-corrected chi connectivity index (χ3v) is 3.04. The fraction of sp³-hybridized carbons (Fsp3) is 0. The van der Waals surface area contributed by atoms with E-state index in [-0.39, 0.29) is 28.3 Å². The van der Waals surface area contributed by atoms with Crippen molar-refractivity contribution >= 4 is 23.6 Å². The van der Waals surface area contributed by atoms with E-state index in [1.807, 2.05) is 0 Å². The first-order chi connectivity index (χ1) is 11.4. The molecule has 2 rings (SSSR count). The first kappa shape index (κ1) is 16.6. The molecule has 0 aliphatic carbocycles. The van der Waals surface area contributed by atoms with Gasteiger partial charge in [-0.1, -0.05) is 12.1 Å². The Kier molecular flexibility index (Phi) is 4.82. The van der Waals surface area contributed by atoms with Gasteiger partial charge in [0, 0.05) is 5.69 Å². The van der Waals surface area contributed by atoms with E-state index in [1.165, 1.54) is 48.5 Å². The number of anilines is 1. The maximum absolute atomic E-state index is 12.1. The maximum Gasteiger partial charge on any atom is 0.335 e. The van der Waals surface area contributed by atoms with Crippen molar-refractivity contribution in [1.82, 2.24) is 0 Å². The molecule has 0 saturated heterocycles. The molecule has 0 aliphatic rings. The molecule has 0 aromatic heterocycles. The van der Waals surface area contributed by atoms with Crippen LogP contribution in [-0.2, 0) is 4.79 Å². The Morgan fingerprint density at radius 2 is 1.83 bits per heavy atom. The average molecular weight is 324 g/mol. The average Bonchev–Trinajstić information content (AvgIpc) is 2.55. The van der Waals surface area contributed by atoms with Crippen LogP contribution in [0.3, 0.4) is 0 Å². The summed E-state index contributed by atoms with van der Waals surface area (Å²) in [6, 6.07) is 11.2. The van der Waals surface area contributed by atoms with Crippen LogP contribution < -0.4 is 5.32 Å². The highest BCUT2D eigenvalue weighted by molar-refractivity contribution is 6.10. The number of hydrogen-bond acceptors (Lipinski definition) is 5. The summed E-state index contributed by atoms with van der Waals surface area (Å²) in [4.78, 5) is 23.0. The van der Waals surface area contributed by atoms with Crippen molar-refractivity contribution in [1.29, 1.82) is 5.26 Å². The quantitative estimate of drug-likeness (QED) is 0.388. The van der Waals surface area contributed by atoms with E-state index < -0.39 is 11.9 Å². The van der Waals surface area contributed by atoms with E-state index in [4.69, 9.17) is 10.4 Å². The molecule has 24 heavy (non-hydrogen) atoms. The minimum atomic E-state index is -1.14. The summed E-state index contributed by atoms with van der Waals surface area (Å²) >= 11 is 0. The lowest BCUT2D eigenvalue weighted by Crippen LogP contribution is -2.13. The molecule has 0 saturated carbocycles. The number of carboxylic acid groups (broad SMARTS) is 1. The number of phenolic OH excluding ortho intramolecular Hbond substituents is 2. The lowest BCUT2D eigenvalue weighted by Gasteiger charge is -2.05. The largest absolute Gasteiger partial charge is 0.504 e. The predicted molar refractivity (Wildman–Crippen MR) is 85.4 cm³/mol. The molecule has 1 amide bonds. The van der Waals surface area contributed by atoms with E-state index in [0.29, 0.717) is 5.56 Å². The molecular formula is C17H12N2O5. The highest BCUT2D eigenvalue weighted by Gasteiger charge is 2.11. The van der Waals surface area contributed by atoms with Crippen LogP contribution >= 0.6 is 0 Å². The van der Waals surface area contributed by atoms with E-state index in [0.717, 1.165) is 0 Å². The predicted octanol–water partition coefficient (Wildman–Crippen LogP) is 2.34. The van der Waals surface area contributed by atoms with E-state index in [2.05, 4.69) is 5.32 Å². The zero-order valence-electron chi connectivity index (χ0n) is 12.2. The van der Waals surface area contributed by atoms with Crippen LogP contribution in [0.4, 0.5) is 5.69 Å². The Balaban J connectivity index is 2.24. The number of nitriles is 1. The molecule has 0 fully saturated rings. The molecule has 0 heterocycles. The molecule has 2 aromatic carbocycles. The standard InChI is InChI=1S/C17H12N2O5/c18-9-12(6-10-4-5-14(20)15(21)7-10)16(22)19-13-3-1-2-11(8-13)17(23)24/h1-8,20-21H,(H,19,22)(H,23,24)/b12-6+. The Morgan fingerprint density at radius 1 is 1.08 bits per heavy atom. The number of aromatic carboxylic acids is 1. The summed E-state index contributed by atoms with van der Waals surface area (Å²) in [5.74, 6) is -2.56. The third-order valence-electron chi connectivity index (χ3n) is 3.04. The summed E-state index contributed by atoms with van der Waals surface area (Å²) in [6.07, 6.45) is 1.23. The van der Waals surface area contributed by atoms with Crippen molar-refractivity contribution in [2.75, 3.05) is 5.32 Å². The fourth-order valence-electron chi connectivity index (χ4n) is 1.87. The van der Waals surface area contributed by atoms with Gasteiger partial charge in [0.25, 0.3) is 5.91 Å². The van der Waals surface area contributed by atoms with Gasteiger partial charge in [0.1, 0.15) is 11.6 Å². The van der Waals surface area contributed by atoms with Gasteiger partial charge < -0.3 is 20.6 Å². The molecule has 7 heteroatoms. The highest BCUT2D eigenvalue weighted by Crippen LogP contribution is 2.26. The molecule has 120 valence electrons. The van der Waals surface area contributed by atoms with Crippen molar-refractivity contribution < 1.29 is 24.9 Å². The maximum atomic E-state index is 12.1. The first-order valence-corrected chi connectivity index (χ1v) is 6.69. The number of carbonyl (C=O) groups is 2. The number of benzene rings is 2. The first-order valence-electron chi connectivity index (χ1n) is 6.69. The van der Waals surface area contributed by atoms with Gasteiger partial charge in [-0.3, -0.25) is 4.79 Å². The van der Waals surface area contributed by atoms with Crippen LogP contribution in [0, 0.1) is 11.3 Å². The number of aromatic hydroxyl groups is 2. The zero-order valence-corrected chi connectivity index (χ0v) is 12.2. The number of amides is 1. The van der Waals surface area contributed by atoms with Gasteiger partial charge in [-0.05, 0) is 42.0 Å². The number of nitrogens with zero attached hydrogens (tertiary/aromatic N) is 1. The molecule has 0 radical (unpaired) electrons. The van der Waals surface area contributed by atoms with Crippen LogP contribution in [-0.4, -0.2) is 27.2 Å². The van der Waals surface area contributed by atoms with Gasteiger partial charge in [-0.15, -0.1) is 0 Å². The molecule has 0 atom stereocenters. The Labute approximate surface area is 136 Å². The van der Waals surface area contributed by atoms with Crippen molar-refractivity contribution in [3.05, 3.63) is 59.2 Å². The van der Waals surface area contributed by atoms with Crippen molar-refractivity contribution in [2.24, 2.45) is 0 Å². The molecular weight excluding hydrogens is 312 g/mol. The van der Waals surface area contributed by atoms with Gasteiger partial charge >= 0.3 is 5.97 Å². The number of carbonyl (C=O) groups excluding carboxylic acids is 1. The lowest BCUT2D eigenvalue weighted by atomic mass is 10.1. The molecule has 0 unspecified atom stereocenters. The smallest absolute Gasteiger partial charge is 0.335 e. The Morgan fingerprint density at radius 3 is 2.46 bits per heavy atom. The third kappa shape index (κ3) is 3.90. The van der Waals surface area contributed by atoms with Crippen LogP contribution in [0.1, 0.15) is 15.9 Å². The molecule has 7 nitrogen and oxygen atoms in total. The number of hydrogen-bond donors (Lipinski definition) is 4. The van der Waals surface area contributed by atoms with Gasteiger partial charge in [0.15, 0.2) is 11.5 Å². The SMILES string of the molecule is N#C/C(=C\c1ccc(O)c(O)c1)C(=O)Nc1cccc(C(=O)O)c1. The second-order valence-corrected chi connectivity index (χ2v) is 4.76. The fourth-order valence-corrected chi connectivity index (χ4v) is 1.87. The highest BCUT2D eigenvalue weighted by atomic mass is 16.4. The number of rotatable bonds is 4. The lowest BCUT2D eigenvalue weighted by molar-refractivity contribution is -0.112. The Hall–Kier alpha value is -3.79. The molecule has 0 spiro atoms. The van der Waals surface area contributed by atoms with Crippen molar-refractivity contribution in [2.45, 2.75) is 0 Å². The second kappa shape index (κ2) is 6.98. The number of phenols is 2. The van der Waals surface area contributed by atoms with E-state index in [9.17, 15) is 19.8 Å². The van der Waals surface area contributed by atoms with E-state index >= 15 is 0 Å². The van der Waals surface area contributed by atoms with Crippen LogP contribution in [0.15, 0.2) is 48.0 Å². The normalized spacial score (nSPS) is 10.7. The van der Waals surface area contributed by atoms with Gasteiger partial charge in [-0.25, -0.2) is 4.79 Å². The van der Waals surface area contributed by atoms with Crippen LogP contribution in [0.5, 0.6) is 11.5 Å². The second-order valence-electron chi connectivity index (χ2n) is 4.76. The summed E-state index contributed by atoms with van der Waals surface area (Å²) in [5, 5.41) is 39.1. The van der Waals surface area contributed by atoms with E-state index in [1.54, 1.807) is 6.07 Å². The minimum Gasteiger partial charge on any atom is -0.504 e. The molecule has 4 N–H and O–H groups in total. The number of nitrogens with one attached hydrogen (secondary N) is 1. The Bertz CT molecular complexity index is 881. The van der Waals surface area contributed by atoms with Crippen molar-refractivity contribution in [3.63, 3.8) is 0 Å². The van der Waals surface area contributed by atoms with Gasteiger partial charge in [0.2, 0.25) is 0 Å². The molecule has 0 bridgehead atoms. The molecule has 0 aliphatic heterocycles. The summed E-state index contributed by atoms with van der Waals surface area (Å²) in [6.45, 7) is 0. The summed E-state index contributed by atoms with van der Waals surface area (Å²) in [7, 11) is 0. The molecule has 2 aromatic rings. The minimum absolute atomic E-state index is 0.00116. The monoisotopic (exact) mass is 324 g/mol. The van der Waals surface area contributed by atoms with Crippen LogP contribution in [0.2, 0.25) is 0 Å². The number of carboxylic acids is 1. The summed E-state index contributed by atoms with van der Waals surface area (Å²) in [5.41, 5.74) is 0.324. The van der Waals surface area contributed by atoms with Gasteiger partial charge in [-0.2, -0.15) is 5.26 Å². The zero-order chi connectivity index (χ0) is 17.7.